The van der Waals surface area contributed by atoms with Crippen molar-refractivity contribution in [3.05, 3.63) is 0 Å². The van der Waals surface area contributed by atoms with Gasteiger partial charge in [0.15, 0.2) is 9.84 Å². The smallest absolute Gasteiger partial charge is 0.150 e. The summed E-state index contributed by atoms with van der Waals surface area (Å²) >= 11 is 0. The maximum absolute atomic E-state index is 11.5. The van der Waals surface area contributed by atoms with Crippen LogP contribution in [0.15, 0.2) is 0 Å². The van der Waals surface area contributed by atoms with E-state index < -0.39 is 9.84 Å². The molecule has 0 saturated carbocycles. The van der Waals surface area contributed by atoms with Gasteiger partial charge >= 0.3 is 0 Å². The van der Waals surface area contributed by atoms with Gasteiger partial charge in [0.2, 0.25) is 0 Å². The summed E-state index contributed by atoms with van der Waals surface area (Å²) in [6.45, 7) is 5.41. The molecule has 4 heteroatoms. The molecule has 3 nitrogen and oxygen atoms in total. The molecule has 0 aromatic heterocycles. The van der Waals surface area contributed by atoms with Crippen molar-refractivity contribution in [1.82, 2.24) is 5.32 Å². The maximum atomic E-state index is 11.5. The highest BCUT2D eigenvalue weighted by atomic mass is 32.2. The molecule has 1 fully saturated rings. The highest BCUT2D eigenvalue weighted by Crippen LogP contribution is 2.30. The minimum atomic E-state index is -2.73. The summed E-state index contributed by atoms with van der Waals surface area (Å²) in [5.41, 5.74) is 0. The summed E-state index contributed by atoms with van der Waals surface area (Å²) in [6, 6.07) is 0. The second-order valence-corrected chi connectivity index (χ2v) is 7.46. The molecule has 96 valence electrons. The first-order chi connectivity index (χ1) is 7.48. The second kappa shape index (κ2) is 6.01. The molecule has 1 N–H and O–H groups in total. The Labute approximate surface area is 99.9 Å². The van der Waals surface area contributed by atoms with E-state index in [4.69, 9.17) is 0 Å². The van der Waals surface area contributed by atoms with Crippen molar-refractivity contribution in [3.8, 4) is 0 Å². The van der Waals surface area contributed by atoms with Crippen LogP contribution in [-0.4, -0.2) is 33.5 Å². The van der Waals surface area contributed by atoms with Crippen LogP contribution < -0.4 is 5.32 Å². The topological polar surface area (TPSA) is 46.2 Å². The van der Waals surface area contributed by atoms with E-state index in [2.05, 4.69) is 19.2 Å². The van der Waals surface area contributed by atoms with Crippen LogP contribution in [0.25, 0.3) is 0 Å². The highest BCUT2D eigenvalue weighted by Gasteiger charge is 2.33. The Morgan fingerprint density at radius 2 is 2.12 bits per heavy atom. The first kappa shape index (κ1) is 14.0. The van der Waals surface area contributed by atoms with Crippen molar-refractivity contribution in [2.45, 2.75) is 33.1 Å². The van der Waals surface area contributed by atoms with Crippen LogP contribution in [0, 0.1) is 17.8 Å². The van der Waals surface area contributed by atoms with E-state index in [0.29, 0.717) is 29.3 Å². The number of rotatable bonds is 6. The third kappa shape index (κ3) is 4.06. The summed E-state index contributed by atoms with van der Waals surface area (Å²) < 4.78 is 23.0. The lowest BCUT2D eigenvalue weighted by Gasteiger charge is -2.25. The summed E-state index contributed by atoms with van der Waals surface area (Å²) in [5.74, 6) is 2.42. The molecule has 0 aromatic carbocycles. The lowest BCUT2D eigenvalue weighted by molar-refractivity contribution is 0.285. The van der Waals surface area contributed by atoms with Crippen LogP contribution in [0.1, 0.15) is 33.1 Å². The van der Waals surface area contributed by atoms with E-state index in [0.717, 1.165) is 19.4 Å². The number of hydrogen-bond donors (Lipinski definition) is 1. The van der Waals surface area contributed by atoms with Gasteiger partial charge in [-0.15, -0.1) is 0 Å². The largest absolute Gasteiger partial charge is 0.319 e. The fourth-order valence-electron chi connectivity index (χ4n) is 2.58. The first-order valence-corrected chi connectivity index (χ1v) is 8.15. The van der Waals surface area contributed by atoms with Gasteiger partial charge < -0.3 is 5.32 Å². The van der Waals surface area contributed by atoms with Gasteiger partial charge in [0, 0.05) is 0 Å². The molecule has 1 saturated heterocycles. The van der Waals surface area contributed by atoms with Gasteiger partial charge in [-0.05, 0) is 44.2 Å². The minimum Gasteiger partial charge on any atom is -0.319 e. The zero-order chi connectivity index (χ0) is 12.2. The van der Waals surface area contributed by atoms with Crippen molar-refractivity contribution in [2.75, 3.05) is 25.1 Å². The molecule has 0 amide bonds. The molecule has 0 radical (unpaired) electrons. The molecule has 3 atom stereocenters. The molecule has 3 unspecified atom stereocenters. The lowest BCUT2D eigenvalue weighted by atomic mass is 9.84. The van der Waals surface area contributed by atoms with Crippen molar-refractivity contribution >= 4 is 9.84 Å². The van der Waals surface area contributed by atoms with Crippen molar-refractivity contribution in [1.29, 1.82) is 0 Å². The second-order valence-electron chi connectivity index (χ2n) is 5.23. The number of hydrogen-bond acceptors (Lipinski definition) is 3. The quantitative estimate of drug-likeness (QED) is 0.777. The van der Waals surface area contributed by atoms with E-state index in [-0.39, 0.29) is 0 Å². The van der Waals surface area contributed by atoms with Gasteiger partial charge in [-0.3, -0.25) is 0 Å². The lowest BCUT2D eigenvalue weighted by Crippen LogP contribution is -2.28. The molecule has 1 rings (SSSR count). The Balaban J connectivity index is 2.57. The Morgan fingerprint density at radius 1 is 1.44 bits per heavy atom. The fourth-order valence-corrected chi connectivity index (χ4v) is 4.50. The molecule has 1 aliphatic rings. The van der Waals surface area contributed by atoms with E-state index in [1.54, 1.807) is 0 Å². The molecule has 0 spiro atoms. The van der Waals surface area contributed by atoms with Crippen LogP contribution >= 0.6 is 0 Å². The van der Waals surface area contributed by atoms with Crippen LogP contribution in [0.2, 0.25) is 0 Å². The van der Waals surface area contributed by atoms with Gasteiger partial charge in [-0.2, -0.15) is 0 Å². The number of sulfone groups is 1. The van der Waals surface area contributed by atoms with Crippen LogP contribution in [0.4, 0.5) is 0 Å². The molecule has 0 bridgehead atoms. The standard InChI is InChI=1S/C12H25NO2S/c1-4-10(2)7-12(8-13-3)11-5-6-16(14,15)9-11/h10-13H,4-9H2,1-3H3. The van der Waals surface area contributed by atoms with E-state index >= 15 is 0 Å². The third-order valence-electron chi connectivity index (χ3n) is 3.80. The van der Waals surface area contributed by atoms with E-state index in [9.17, 15) is 8.42 Å². The molecular formula is C12H25NO2S. The summed E-state index contributed by atoms with van der Waals surface area (Å²) in [7, 11) is -0.778. The van der Waals surface area contributed by atoms with Gasteiger partial charge in [-0.25, -0.2) is 8.42 Å². The van der Waals surface area contributed by atoms with Gasteiger partial charge in [0.25, 0.3) is 0 Å². The van der Waals surface area contributed by atoms with Gasteiger partial charge in [0.05, 0.1) is 11.5 Å². The van der Waals surface area contributed by atoms with Crippen LogP contribution in [0.3, 0.4) is 0 Å². The summed E-state index contributed by atoms with van der Waals surface area (Å²) in [4.78, 5) is 0. The Bertz CT molecular complexity index is 300. The molecule has 16 heavy (non-hydrogen) atoms. The molecular weight excluding hydrogens is 222 g/mol. The van der Waals surface area contributed by atoms with Crippen LogP contribution in [0.5, 0.6) is 0 Å². The van der Waals surface area contributed by atoms with Gasteiger partial charge in [-0.1, -0.05) is 20.3 Å². The minimum absolute atomic E-state index is 0.381. The SMILES string of the molecule is CCC(C)CC(CNC)C1CCS(=O)(=O)C1. The summed E-state index contributed by atoms with van der Waals surface area (Å²) in [6.07, 6.45) is 3.20. The van der Waals surface area contributed by atoms with Crippen LogP contribution in [-0.2, 0) is 9.84 Å². The first-order valence-electron chi connectivity index (χ1n) is 6.33. The molecule has 1 heterocycles. The van der Waals surface area contributed by atoms with Crippen molar-refractivity contribution in [2.24, 2.45) is 17.8 Å². The molecule has 0 aliphatic carbocycles. The average Bonchev–Trinajstić information content (AvgIpc) is 2.58. The Kier molecular flexibility index (Phi) is 5.25. The maximum Gasteiger partial charge on any atom is 0.150 e. The van der Waals surface area contributed by atoms with E-state index in [1.165, 1.54) is 6.42 Å². The Hall–Kier alpha value is -0.0900. The predicted molar refractivity (Wildman–Crippen MR) is 68.2 cm³/mol. The zero-order valence-corrected chi connectivity index (χ0v) is 11.5. The van der Waals surface area contributed by atoms with Crippen molar-refractivity contribution in [3.63, 3.8) is 0 Å². The van der Waals surface area contributed by atoms with Gasteiger partial charge in [0.1, 0.15) is 0 Å². The average molecular weight is 247 g/mol. The highest BCUT2D eigenvalue weighted by molar-refractivity contribution is 7.91. The molecule has 0 aromatic rings. The monoisotopic (exact) mass is 247 g/mol. The normalized spacial score (nSPS) is 27.8. The Morgan fingerprint density at radius 3 is 2.56 bits per heavy atom. The fraction of sp³-hybridized carbons (Fsp3) is 1.00. The molecule has 1 aliphatic heterocycles. The zero-order valence-electron chi connectivity index (χ0n) is 10.7. The van der Waals surface area contributed by atoms with Crippen molar-refractivity contribution < 1.29 is 8.42 Å². The van der Waals surface area contributed by atoms with E-state index in [1.807, 2.05) is 7.05 Å². The third-order valence-corrected chi connectivity index (χ3v) is 5.60. The number of nitrogens with one attached hydrogen (secondary N) is 1. The predicted octanol–water partition coefficient (Wildman–Crippen LogP) is 1.69. The summed E-state index contributed by atoms with van der Waals surface area (Å²) in [5, 5.41) is 3.21.